The lowest BCUT2D eigenvalue weighted by molar-refractivity contribution is -0.142. The molecule has 2 aromatic rings. The van der Waals surface area contributed by atoms with Gasteiger partial charge in [0, 0.05) is 17.6 Å². The summed E-state index contributed by atoms with van der Waals surface area (Å²) in [6.07, 6.45) is 4.26. The third-order valence-corrected chi connectivity index (χ3v) is 5.70. The molecular formula is C24H29ClN2O3. The van der Waals surface area contributed by atoms with Crippen LogP contribution in [0.4, 0.5) is 0 Å². The van der Waals surface area contributed by atoms with E-state index in [2.05, 4.69) is 5.32 Å². The van der Waals surface area contributed by atoms with Crippen LogP contribution in [0.15, 0.2) is 48.5 Å². The molecule has 1 atom stereocenters. The van der Waals surface area contributed by atoms with E-state index in [-0.39, 0.29) is 31.0 Å². The SMILES string of the molecule is Cc1cccc(OCC(=O)N(Cc2cccc(Cl)c2)C(C)C(=O)NC2CCCC2)c1. The summed E-state index contributed by atoms with van der Waals surface area (Å²) in [5, 5.41) is 3.69. The van der Waals surface area contributed by atoms with E-state index in [9.17, 15) is 9.59 Å². The zero-order valence-corrected chi connectivity index (χ0v) is 18.3. The van der Waals surface area contributed by atoms with Crippen molar-refractivity contribution in [3.63, 3.8) is 0 Å². The van der Waals surface area contributed by atoms with Crippen molar-refractivity contribution < 1.29 is 14.3 Å². The number of carbonyl (C=O) groups excluding carboxylic acids is 2. The van der Waals surface area contributed by atoms with Gasteiger partial charge in [-0.3, -0.25) is 9.59 Å². The second-order valence-electron chi connectivity index (χ2n) is 7.92. The number of hydrogen-bond acceptors (Lipinski definition) is 3. The third-order valence-electron chi connectivity index (χ3n) is 5.46. The van der Waals surface area contributed by atoms with Gasteiger partial charge in [0.15, 0.2) is 6.61 Å². The Kier molecular flexibility index (Phi) is 7.75. The van der Waals surface area contributed by atoms with Gasteiger partial charge in [0.05, 0.1) is 0 Å². The lowest BCUT2D eigenvalue weighted by Crippen LogP contribution is -2.50. The predicted molar refractivity (Wildman–Crippen MR) is 119 cm³/mol. The molecule has 0 aromatic heterocycles. The number of hydrogen-bond donors (Lipinski definition) is 1. The van der Waals surface area contributed by atoms with Gasteiger partial charge in [-0.25, -0.2) is 0 Å². The molecule has 0 spiro atoms. The van der Waals surface area contributed by atoms with E-state index in [0.29, 0.717) is 10.8 Å². The summed E-state index contributed by atoms with van der Waals surface area (Å²) in [4.78, 5) is 27.5. The number of nitrogens with zero attached hydrogens (tertiary/aromatic N) is 1. The van der Waals surface area contributed by atoms with Gasteiger partial charge in [-0.2, -0.15) is 0 Å². The molecule has 2 amide bonds. The van der Waals surface area contributed by atoms with Gasteiger partial charge < -0.3 is 15.0 Å². The van der Waals surface area contributed by atoms with Crippen LogP contribution in [-0.4, -0.2) is 35.4 Å². The van der Waals surface area contributed by atoms with Crippen LogP contribution in [0.2, 0.25) is 5.02 Å². The lowest BCUT2D eigenvalue weighted by Gasteiger charge is -2.29. The van der Waals surface area contributed by atoms with Crippen molar-refractivity contribution in [2.24, 2.45) is 0 Å². The number of ether oxygens (including phenoxy) is 1. The van der Waals surface area contributed by atoms with E-state index in [4.69, 9.17) is 16.3 Å². The second kappa shape index (κ2) is 10.5. The Morgan fingerprint density at radius 1 is 1.17 bits per heavy atom. The highest BCUT2D eigenvalue weighted by Crippen LogP contribution is 2.19. The summed E-state index contributed by atoms with van der Waals surface area (Å²) in [5.41, 5.74) is 1.92. The molecule has 3 rings (SSSR count). The Balaban J connectivity index is 1.71. The average molecular weight is 429 g/mol. The smallest absolute Gasteiger partial charge is 0.261 e. The molecule has 1 N–H and O–H groups in total. The summed E-state index contributed by atoms with van der Waals surface area (Å²) >= 11 is 6.11. The maximum atomic E-state index is 13.1. The number of benzene rings is 2. The Labute approximate surface area is 183 Å². The van der Waals surface area contributed by atoms with Gasteiger partial charge >= 0.3 is 0 Å². The van der Waals surface area contributed by atoms with E-state index in [1.807, 2.05) is 49.4 Å². The number of carbonyl (C=O) groups is 2. The fraction of sp³-hybridized carbons (Fsp3) is 0.417. The van der Waals surface area contributed by atoms with Crippen LogP contribution in [0, 0.1) is 6.92 Å². The molecule has 0 bridgehead atoms. The number of halogens is 1. The maximum absolute atomic E-state index is 13.1. The summed E-state index contributed by atoms with van der Waals surface area (Å²) in [6, 6.07) is 14.5. The van der Waals surface area contributed by atoms with E-state index < -0.39 is 6.04 Å². The van der Waals surface area contributed by atoms with Gasteiger partial charge in [0.25, 0.3) is 5.91 Å². The van der Waals surface area contributed by atoms with Crippen molar-refractivity contribution >= 4 is 23.4 Å². The fourth-order valence-corrected chi connectivity index (χ4v) is 3.95. The summed E-state index contributed by atoms with van der Waals surface area (Å²) in [5.74, 6) is 0.257. The summed E-state index contributed by atoms with van der Waals surface area (Å²) in [7, 11) is 0. The molecule has 0 radical (unpaired) electrons. The first kappa shape index (κ1) is 22.2. The Morgan fingerprint density at radius 2 is 1.90 bits per heavy atom. The van der Waals surface area contributed by atoms with Gasteiger partial charge in [0.2, 0.25) is 5.91 Å². The Hall–Kier alpha value is -2.53. The third kappa shape index (κ3) is 6.23. The maximum Gasteiger partial charge on any atom is 0.261 e. The van der Waals surface area contributed by atoms with Crippen molar-refractivity contribution in [1.82, 2.24) is 10.2 Å². The first-order chi connectivity index (χ1) is 14.4. The van der Waals surface area contributed by atoms with E-state index in [0.717, 1.165) is 36.8 Å². The molecule has 5 nitrogen and oxygen atoms in total. The highest BCUT2D eigenvalue weighted by molar-refractivity contribution is 6.30. The van der Waals surface area contributed by atoms with E-state index in [1.165, 1.54) is 0 Å². The molecule has 30 heavy (non-hydrogen) atoms. The Bertz CT molecular complexity index is 880. The van der Waals surface area contributed by atoms with Crippen LogP contribution in [0.5, 0.6) is 5.75 Å². The number of amides is 2. The van der Waals surface area contributed by atoms with Gasteiger partial charge in [-0.05, 0) is 62.1 Å². The minimum absolute atomic E-state index is 0.132. The van der Waals surface area contributed by atoms with Crippen LogP contribution in [0.1, 0.15) is 43.7 Å². The molecule has 1 saturated carbocycles. The van der Waals surface area contributed by atoms with E-state index in [1.54, 1.807) is 17.9 Å². The highest BCUT2D eigenvalue weighted by Gasteiger charge is 2.28. The molecule has 6 heteroatoms. The zero-order chi connectivity index (χ0) is 21.5. The molecule has 0 saturated heterocycles. The second-order valence-corrected chi connectivity index (χ2v) is 8.36. The van der Waals surface area contributed by atoms with Crippen molar-refractivity contribution in [3.8, 4) is 5.75 Å². The molecule has 160 valence electrons. The van der Waals surface area contributed by atoms with Gasteiger partial charge in [-0.1, -0.05) is 48.7 Å². The van der Waals surface area contributed by atoms with Crippen LogP contribution >= 0.6 is 11.6 Å². The zero-order valence-electron chi connectivity index (χ0n) is 17.6. The normalized spacial score (nSPS) is 14.9. The standard InChI is InChI=1S/C24H29ClN2O3/c1-17-7-5-12-22(13-17)30-16-23(28)27(15-19-8-6-9-20(25)14-19)18(2)24(29)26-21-10-3-4-11-21/h5-9,12-14,18,21H,3-4,10-11,15-16H2,1-2H3,(H,26,29). The van der Waals surface area contributed by atoms with Gasteiger partial charge in [0.1, 0.15) is 11.8 Å². The predicted octanol–water partition coefficient (Wildman–Crippen LogP) is 4.50. The van der Waals surface area contributed by atoms with Crippen molar-refractivity contribution in [3.05, 3.63) is 64.7 Å². The fourth-order valence-electron chi connectivity index (χ4n) is 3.74. The highest BCUT2D eigenvalue weighted by atomic mass is 35.5. The van der Waals surface area contributed by atoms with Crippen molar-refractivity contribution in [2.45, 2.75) is 58.2 Å². The molecule has 2 aromatic carbocycles. The minimum Gasteiger partial charge on any atom is -0.484 e. The number of aryl methyl sites for hydroxylation is 1. The summed E-state index contributed by atoms with van der Waals surface area (Å²) in [6.45, 7) is 3.88. The van der Waals surface area contributed by atoms with Gasteiger partial charge in [-0.15, -0.1) is 0 Å². The minimum atomic E-state index is -0.613. The van der Waals surface area contributed by atoms with Crippen molar-refractivity contribution in [1.29, 1.82) is 0 Å². The molecule has 0 heterocycles. The average Bonchev–Trinajstić information content (AvgIpc) is 3.23. The summed E-state index contributed by atoms with van der Waals surface area (Å²) < 4.78 is 5.71. The molecule has 1 fully saturated rings. The molecule has 0 aliphatic heterocycles. The quantitative estimate of drug-likeness (QED) is 0.673. The number of nitrogens with one attached hydrogen (secondary N) is 1. The molecule has 1 aliphatic carbocycles. The van der Waals surface area contributed by atoms with Crippen molar-refractivity contribution in [2.75, 3.05) is 6.61 Å². The number of rotatable bonds is 8. The van der Waals surface area contributed by atoms with Crippen LogP contribution < -0.4 is 10.1 Å². The molecule has 1 aliphatic rings. The topological polar surface area (TPSA) is 58.6 Å². The lowest BCUT2D eigenvalue weighted by atomic mass is 10.1. The first-order valence-corrected chi connectivity index (χ1v) is 10.8. The largest absolute Gasteiger partial charge is 0.484 e. The van der Waals surface area contributed by atoms with Crippen LogP contribution in [-0.2, 0) is 16.1 Å². The van der Waals surface area contributed by atoms with E-state index >= 15 is 0 Å². The Morgan fingerprint density at radius 3 is 2.60 bits per heavy atom. The molecular weight excluding hydrogens is 400 g/mol. The monoisotopic (exact) mass is 428 g/mol. The van der Waals surface area contributed by atoms with Crippen LogP contribution in [0.25, 0.3) is 0 Å². The van der Waals surface area contributed by atoms with Crippen LogP contribution in [0.3, 0.4) is 0 Å². The first-order valence-electron chi connectivity index (χ1n) is 10.5. The molecule has 1 unspecified atom stereocenters.